The summed E-state index contributed by atoms with van der Waals surface area (Å²) in [6.07, 6.45) is 0. The third-order valence-corrected chi connectivity index (χ3v) is 3.65. The zero-order chi connectivity index (χ0) is 17.5. The van der Waals surface area contributed by atoms with Crippen LogP contribution in [-0.4, -0.2) is 18.4 Å². The summed E-state index contributed by atoms with van der Waals surface area (Å²) in [5.41, 5.74) is 3.48. The lowest BCUT2D eigenvalue weighted by Gasteiger charge is -2.12. The molecule has 0 aliphatic carbocycles. The minimum Gasteiger partial charge on any atom is -0.376 e. The van der Waals surface area contributed by atoms with Crippen LogP contribution in [0.2, 0.25) is 5.02 Å². The number of nitrogens with one attached hydrogen (secondary N) is 3. The van der Waals surface area contributed by atoms with E-state index in [1.165, 1.54) is 6.92 Å². The summed E-state index contributed by atoms with van der Waals surface area (Å²) in [7, 11) is 0. The van der Waals surface area contributed by atoms with E-state index >= 15 is 0 Å². The molecule has 2 aromatic carbocycles. The Morgan fingerprint density at radius 2 is 1.79 bits per heavy atom. The highest BCUT2D eigenvalue weighted by molar-refractivity contribution is 6.30. The lowest BCUT2D eigenvalue weighted by Crippen LogP contribution is -2.29. The molecule has 0 fully saturated rings. The molecule has 0 aromatic heterocycles. The number of benzene rings is 2. The predicted octanol–water partition coefficient (Wildman–Crippen LogP) is 3.34. The van der Waals surface area contributed by atoms with Crippen molar-refractivity contribution in [3.63, 3.8) is 0 Å². The average molecular weight is 346 g/mol. The second kappa shape index (κ2) is 8.36. The molecule has 0 unspecified atom stereocenters. The quantitative estimate of drug-likeness (QED) is 0.752. The zero-order valence-corrected chi connectivity index (χ0v) is 14.4. The number of hydrogen-bond acceptors (Lipinski definition) is 3. The van der Waals surface area contributed by atoms with Crippen LogP contribution in [0.5, 0.6) is 0 Å². The first kappa shape index (κ1) is 17.8. The Hall–Kier alpha value is -2.53. The van der Waals surface area contributed by atoms with Crippen LogP contribution in [-0.2, 0) is 16.1 Å². The highest BCUT2D eigenvalue weighted by Crippen LogP contribution is 2.20. The number of amides is 2. The van der Waals surface area contributed by atoms with Crippen LogP contribution >= 0.6 is 11.6 Å². The summed E-state index contributed by atoms with van der Waals surface area (Å²) in [5.74, 6) is -0.250. The Labute approximate surface area is 146 Å². The number of halogens is 1. The van der Waals surface area contributed by atoms with Gasteiger partial charge in [-0.1, -0.05) is 29.8 Å². The van der Waals surface area contributed by atoms with Crippen LogP contribution in [0.3, 0.4) is 0 Å². The van der Waals surface area contributed by atoms with Gasteiger partial charge < -0.3 is 16.0 Å². The first-order valence-corrected chi connectivity index (χ1v) is 7.95. The van der Waals surface area contributed by atoms with Crippen molar-refractivity contribution in [2.45, 2.75) is 20.4 Å². The second-order valence-electron chi connectivity index (χ2n) is 5.47. The van der Waals surface area contributed by atoms with Crippen LogP contribution in [0.15, 0.2) is 42.5 Å². The molecule has 0 aliphatic rings. The molecule has 2 amide bonds. The monoisotopic (exact) mass is 345 g/mol. The van der Waals surface area contributed by atoms with E-state index in [1.807, 2.05) is 37.3 Å². The topological polar surface area (TPSA) is 70.2 Å². The van der Waals surface area contributed by atoms with Crippen LogP contribution in [0.1, 0.15) is 18.1 Å². The Morgan fingerprint density at radius 1 is 1.08 bits per heavy atom. The maximum absolute atomic E-state index is 12.0. The third kappa shape index (κ3) is 5.59. The van der Waals surface area contributed by atoms with Crippen molar-refractivity contribution in [1.29, 1.82) is 0 Å². The molecule has 0 atom stereocenters. The Kier molecular flexibility index (Phi) is 6.21. The minimum absolute atomic E-state index is 0.116. The van der Waals surface area contributed by atoms with E-state index in [2.05, 4.69) is 16.0 Å². The number of rotatable bonds is 6. The van der Waals surface area contributed by atoms with Gasteiger partial charge in [-0.05, 0) is 42.3 Å². The van der Waals surface area contributed by atoms with Gasteiger partial charge in [0.15, 0.2) is 0 Å². The minimum atomic E-state index is -0.134. The van der Waals surface area contributed by atoms with Crippen LogP contribution in [0, 0.1) is 6.92 Å². The van der Waals surface area contributed by atoms with Crippen molar-refractivity contribution < 1.29 is 9.59 Å². The number of anilines is 2. The van der Waals surface area contributed by atoms with Gasteiger partial charge >= 0.3 is 0 Å². The van der Waals surface area contributed by atoms with E-state index in [1.54, 1.807) is 12.1 Å². The van der Waals surface area contributed by atoms with Crippen molar-refractivity contribution in [2.75, 3.05) is 17.2 Å². The fourth-order valence-corrected chi connectivity index (χ4v) is 2.26. The normalized spacial score (nSPS) is 10.1. The molecule has 2 aromatic rings. The molecule has 0 spiro atoms. The molecule has 24 heavy (non-hydrogen) atoms. The van der Waals surface area contributed by atoms with Gasteiger partial charge in [0, 0.05) is 29.9 Å². The second-order valence-corrected chi connectivity index (χ2v) is 5.90. The summed E-state index contributed by atoms with van der Waals surface area (Å²) in [6.45, 7) is 3.99. The SMILES string of the molecule is CC(=O)Nc1ccc(C)c(NCC(=O)NCc2ccc(Cl)cc2)c1. The van der Waals surface area contributed by atoms with E-state index in [0.717, 1.165) is 16.8 Å². The first-order valence-electron chi connectivity index (χ1n) is 7.57. The van der Waals surface area contributed by atoms with Gasteiger partial charge in [0.1, 0.15) is 0 Å². The summed E-state index contributed by atoms with van der Waals surface area (Å²) in [4.78, 5) is 23.1. The van der Waals surface area contributed by atoms with Gasteiger partial charge in [-0.3, -0.25) is 9.59 Å². The lowest BCUT2D eigenvalue weighted by atomic mass is 10.1. The van der Waals surface area contributed by atoms with Gasteiger partial charge in [-0.2, -0.15) is 0 Å². The maximum Gasteiger partial charge on any atom is 0.239 e. The van der Waals surface area contributed by atoms with Crippen molar-refractivity contribution in [2.24, 2.45) is 0 Å². The Bertz CT molecular complexity index is 730. The molecule has 3 N–H and O–H groups in total. The highest BCUT2D eigenvalue weighted by Gasteiger charge is 2.05. The molecular formula is C18H20ClN3O2. The van der Waals surface area contributed by atoms with Crippen LogP contribution in [0.25, 0.3) is 0 Å². The molecule has 6 heteroatoms. The molecule has 2 rings (SSSR count). The molecule has 0 saturated heterocycles. The van der Waals surface area contributed by atoms with Gasteiger partial charge in [-0.25, -0.2) is 0 Å². The first-order chi connectivity index (χ1) is 11.4. The average Bonchev–Trinajstić information content (AvgIpc) is 2.54. The molecule has 0 radical (unpaired) electrons. The molecule has 126 valence electrons. The Balaban J connectivity index is 1.86. The maximum atomic E-state index is 12.0. The standard InChI is InChI=1S/C18H20ClN3O2/c1-12-3-8-16(22-13(2)23)9-17(12)20-11-18(24)21-10-14-4-6-15(19)7-5-14/h3-9,20H,10-11H2,1-2H3,(H,21,24)(H,22,23). The van der Waals surface area contributed by atoms with E-state index in [9.17, 15) is 9.59 Å². The molecule has 0 bridgehead atoms. The number of aryl methyl sites for hydroxylation is 1. The van der Waals surface area contributed by atoms with E-state index < -0.39 is 0 Å². The fraction of sp³-hybridized carbons (Fsp3) is 0.222. The van der Waals surface area contributed by atoms with Gasteiger partial charge in [-0.15, -0.1) is 0 Å². The van der Waals surface area contributed by atoms with Gasteiger partial charge in [0.05, 0.1) is 6.54 Å². The van der Waals surface area contributed by atoms with E-state index in [-0.39, 0.29) is 18.4 Å². The fourth-order valence-electron chi connectivity index (χ4n) is 2.13. The number of carbonyl (C=O) groups excluding carboxylic acids is 2. The van der Waals surface area contributed by atoms with E-state index in [0.29, 0.717) is 17.3 Å². The van der Waals surface area contributed by atoms with Gasteiger partial charge in [0.25, 0.3) is 0 Å². The number of carbonyl (C=O) groups is 2. The summed E-state index contributed by atoms with van der Waals surface area (Å²) in [6, 6.07) is 12.8. The smallest absolute Gasteiger partial charge is 0.239 e. The van der Waals surface area contributed by atoms with Crippen molar-refractivity contribution in [3.8, 4) is 0 Å². The lowest BCUT2D eigenvalue weighted by molar-refractivity contribution is -0.119. The molecule has 0 heterocycles. The van der Waals surface area contributed by atoms with E-state index in [4.69, 9.17) is 11.6 Å². The molecular weight excluding hydrogens is 326 g/mol. The predicted molar refractivity (Wildman–Crippen MR) is 97.3 cm³/mol. The van der Waals surface area contributed by atoms with Crippen LogP contribution in [0.4, 0.5) is 11.4 Å². The highest BCUT2D eigenvalue weighted by atomic mass is 35.5. The number of hydrogen-bond donors (Lipinski definition) is 3. The zero-order valence-electron chi connectivity index (χ0n) is 13.7. The largest absolute Gasteiger partial charge is 0.376 e. The molecule has 0 aliphatic heterocycles. The van der Waals surface area contributed by atoms with Crippen molar-refractivity contribution in [1.82, 2.24) is 5.32 Å². The van der Waals surface area contributed by atoms with Crippen molar-refractivity contribution in [3.05, 3.63) is 58.6 Å². The summed E-state index contributed by atoms with van der Waals surface area (Å²) < 4.78 is 0. The molecule has 5 nitrogen and oxygen atoms in total. The van der Waals surface area contributed by atoms with Crippen molar-refractivity contribution >= 4 is 34.8 Å². The summed E-state index contributed by atoms with van der Waals surface area (Å²) in [5, 5.41) is 9.32. The Morgan fingerprint density at radius 3 is 2.46 bits per heavy atom. The summed E-state index contributed by atoms with van der Waals surface area (Å²) >= 11 is 5.83. The molecule has 0 saturated carbocycles. The third-order valence-electron chi connectivity index (χ3n) is 3.40. The van der Waals surface area contributed by atoms with Gasteiger partial charge in [0.2, 0.25) is 11.8 Å². The van der Waals surface area contributed by atoms with Crippen LogP contribution < -0.4 is 16.0 Å².